The fraction of sp³-hybridized carbons (Fsp3) is 0.167. The number of methoxy groups -OCH3 is 2. The summed E-state index contributed by atoms with van der Waals surface area (Å²) >= 11 is 4.72. The van der Waals surface area contributed by atoms with E-state index in [-0.39, 0.29) is 10.6 Å². The highest BCUT2D eigenvalue weighted by Crippen LogP contribution is 2.29. The molecule has 0 saturated carbocycles. The van der Waals surface area contributed by atoms with Crippen LogP contribution in [0.5, 0.6) is 11.5 Å². The predicted molar refractivity (Wildman–Crippen MR) is 73.7 cm³/mol. The third kappa shape index (κ3) is 3.37. The average molecular weight is 263 g/mol. The summed E-state index contributed by atoms with van der Waals surface area (Å²) in [6.45, 7) is 0. The lowest BCUT2D eigenvalue weighted by Crippen LogP contribution is -2.11. The van der Waals surface area contributed by atoms with Crippen LogP contribution in [0.25, 0.3) is 0 Å². The molecule has 18 heavy (non-hydrogen) atoms. The van der Waals surface area contributed by atoms with Gasteiger partial charge in [0.15, 0.2) is 11.5 Å². The summed E-state index contributed by atoms with van der Waals surface area (Å²) in [5.74, 6) is 1.21. The summed E-state index contributed by atoms with van der Waals surface area (Å²) in [6.07, 6.45) is 1.45. The molecule has 0 heterocycles. The molecule has 0 spiro atoms. The van der Waals surface area contributed by atoms with Crippen LogP contribution in [0.15, 0.2) is 30.0 Å². The Bertz CT molecular complexity index is 521. The van der Waals surface area contributed by atoms with Gasteiger partial charge in [-0.15, -0.1) is 0 Å². The Hall–Kier alpha value is -2.26. The normalized spacial score (nSPS) is 10.4. The molecule has 0 unspecified atom stereocenters. The maximum Gasteiger partial charge on any atom is 0.162 e. The number of thiocarbonyl (C=S) groups is 1. The van der Waals surface area contributed by atoms with Crippen molar-refractivity contribution in [3.05, 3.63) is 30.0 Å². The summed E-state index contributed by atoms with van der Waals surface area (Å²) < 4.78 is 10.3. The first-order valence-corrected chi connectivity index (χ1v) is 5.41. The van der Waals surface area contributed by atoms with Gasteiger partial charge in [0.25, 0.3) is 0 Å². The summed E-state index contributed by atoms with van der Waals surface area (Å²) in [5, 5.41) is 11.7. The number of nitriles is 1. The fourth-order valence-electron chi connectivity index (χ4n) is 1.24. The van der Waals surface area contributed by atoms with Crippen LogP contribution < -0.4 is 20.5 Å². The van der Waals surface area contributed by atoms with Gasteiger partial charge in [0.2, 0.25) is 0 Å². The van der Waals surface area contributed by atoms with Crippen LogP contribution in [-0.4, -0.2) is 19.2 Å². The van der Waals surface area contributed by atoms with Crippen molar-refractivity contribution < 1.29 is 9.47 Å². The standard InChI is InChI=1S/C12H13N3O2S/c1-16-10-4-3-9(5-11(10)17-2)15-7-8(6-13)12(14)18/h3-5,7,15H,1-2H3,(H2,14,18). The summed E-state index contributed by atoms with van der Waals surface area (Å²) in [7, 11) is 3.11. The van der Waals surface area contributed by atoms with Gasteiger partial charge < -0.3 is 20.5 Å². The van der Waals surface area contributed by atoms with E-state index in [9.17, 15) is 0 Å². The van der Waals surface area contributed by atoms with Crippen LogP contribution in [0, 0.1) is 11.3 Å². The summed E-state index contributed by atoms with van der Waals surface area (Å²) in [5.41, 5.74) is 6.31. The Morgan fingerprint density at radius 1 is 1.39 bits per heavy atom. The van der Waals surface area contributed by atoms with Crippen LogP contribution >= 0.6 is 12.2 Å². The zero-order valence-electron chi connectivity index (χ0n) is 10.1. The maximum atomic E-state index is 8.79. The van der Waals surface area contributed by atoms with Crippen LogP contribution in [0.4, 0.5) is 5.69 Å². The number of nitrogens with zero attached hydrogens (tertiary/aromatic N) is 1. The highest BCUT2D eigenvalue weighted by Gasteiger charge is 2.04. The molecule has 0 fully saturated rings. The van der Waals surface area contributed by atoms with Gasteiger partial charge in [0.1, 0.15) is 16.6 Å². The topological polar surface area (TPSA) is 80.3 Å². The smallest absolute Gasteiger partial charge is 0.162 e. The van der Waals surface area contributed by atoms with Crippen LogP contribution in [0.3, 0.4) is 0 Å². The highest BCUT2D eigenvalue weighted by molar-refractivity contribution is 7.80. The molecule has 1 aromatic carbocycles. The second-order valence-electron chi connectivity index (χ2n) is 3.25. The highest BCUT2D eigenvalue weighted by atomic mass is 32.1. The number of anilines is 1. The molecule has 94 valence electrons. The molecule has 6 heteroatoms. The molecule has 5 nitrogen and oxygen atoms in total. The van der Waals surface area contributed by atoms with Crippen molar-refractivity contribution in [2.45, 2.75) is 0 Å². The molecule has 1 rings (SSSR count). The average Bonchev–Trinajstić information content (AvgIpc) is 2.38. The first kappa shape index (κ1) is 13.8. The Labute approximate surface area is 111 Å². The minimum atomic E-state index is 0.0467. The molecule has 1 aromatic rings. The monoisotopic (exact) mass is 263 g/mol. The number of hydrogen-bond donors (Lipinski definition) is 2. The van der Waals surface area contributed by atoms with E-state index in [1.54, 1.807) is 32.4 Å². The van der Waals surface area contributed by atoms with Gasteiger partial charge in [-0.3, -0.25) is 0 Å². The van der Waals surface area contributed by atoms with Gasteiger partial charge in [-0.05, 0) is 12.1 Å². The maximum absolute atomic E-state index is 8.79. The second kappa shape index (κ2) is 6.47. The molecular weight excluding hydrogens is 250 g/mol. The first-order valence-electron chi connectivity index (χ1n) is 5.01. The van der Waals surface area contributed by atoms with Crippen molar-refractivity contribution in [2.75, 3.05) is 19.5 Å². The lowest BCUT2D eigenvalue weighted by molar-refractivity contribution is 0.355. The zero-order valence-corrected chi connectivity index (χ0v) is 10.9. The molecule has 0 aromatic heterocycles. The molecule has 0 bridgehead atoms. The van der Waals surface area contributed by atoms with Crippen molar-refractivity contribution in [3.8, 4) is 17.6 Å². The van der Waals surface area contributed by atoms with Gasteiger partial charge in [0.05, 0.1) is 14.2 Å². The van der Waals surface area contributed by atoms with E-state index in [2.05, 4.69) is 5.32 Å². The molecular formula is C12H13N3O2S. The number of nitrogens with one attached hydrogen (secondary N) is 1. The molecule has 0 saturated heterocycles. The largest absolute Gasteiger partial charge is 0.493 e. The molecule has 0 aliphatic rings. The second-order valence-corrected chi connectivity index (χ2v) is 3.69. The van der Waals surface area contributed by atoms with Crippen LogP contribution in [0.1, 0.15) is 0 Å². The van der Waals surface area contributed by atoms with Crippen molar-refractivity contribution in [1.29, 1.82) is 5.26 Å². The SMILES string of the molecule is COc1ccc(NC=C(C#N)C(N)=S)cc1OC. The molecule has 0 radical (unpaired) electrons. The number of ether oxygens (including phenoxy) is 2. The Kier molecular flexibility index (Phi) is 4.96. The van der Waals surface area contributed by atoms with Gasteiger partial charge in [-0.25, -0.2) is 0 Å². The fourth-order valence-corrected chi connectivity index (χ4v) is 1.34. The summed E-state index contributed by atoms with van der Waals surface area (Å²) in [6, 6.07) is 7.18. The Morgan fingerprint density at radius 3 is 2.56 bits per heavy atom. The Morgan fingerprint density at radius 2 is 2.06 bits per heavy atom. The van der Waals surface area contributed by atoms with Crippen LogP contribution in [0.2, 0.25) is 0 Å². The van der Waals surface area contributed by atoms with E-state index in [0.29, 0.717) is 11.5 Å². The quantitative estimate of drug-likeness (QED) is 0.479. The Balaban J connectivity index is 2.93. The minimum Gasteiger partial charge on any atom is -0.493 e. The van der Waals surface area contributed by atoms with E-state index >= 15 is 0 Å². The van der Waals surface area contributed by atoms with Gasteiger partial charge in [-0.1, -0.05) is 12.2 Å². The zero-order chi connectivity index (χ0) is 13.5. The van der Waals surface area contributed by atoms with Crippen molar-refractivity contribution >= 4 is 22.9 Å². The number of benzene rings is 1. The first-order chi connectivity index (χ1) is 8.62. The summed E-state index contributed by atoms with van der Waals surface area (Å²) in [4.78, 5) is 0.0467. The molecule has 3 N–H and O–H groups in total. The molecule has 0 atom stereocenters. The number of nitrogens with two attached hydrogens (primary N) is 1. The van der Waals surface area contributed by atoms with E-state index in [4.69, 9.17) is 32.7 Å². The van der Waals surface area contributed by atoms with Gasteiger partial charge in [0, 0.05) is 18.0 Å². The van der Waals surface area contributed by atoms with E-state index in [1.807, 2.05) is 6.07 Å². The van der Waals surface area contributed by atoms with E-state index < -0.39 is 0 Å². The molecule has 0 amide bonds. The predicted octanol–water partition coefficient (Wildman–Crippen LogP) is 1.81. The van der Waals surface area contributed by atoms with Crippen molar-refractivity contribution in [3.63, 3.8) is 0 Å². The van der Waals surface area contributed by atoms with Crippen molar-refractivity contribution in [1.82, 2.24) is 0 Å². The molecule has 0 aliphatic heterocycles. The lowest BCUT2D eigenvalue weighted by atomic mass is 10.2. The van der Waals surface area contributed by atoms with Gasteiger partial charge in [-0.2, -0.15) is 5.26 Å². The van der Waals surface area contributed by atoms with E-state index in [1.165, 1.54) is 6.20 Å². The minimum absolute atomic E-state index is 0.0467. The van der Waals surface area contributed by atoms with Crippen LogP contribution in [-0.2, 0) is 0 Å². The van der Waals surface area contributed by atoms with E-state index in [0.717, 1.165) is 5.69 Å². The third-order valence-electron chi connectivity index (χ3n) is 2.15. The molecule has 0 aliphatic carbocycles. The number of hydrogen-bond acceptors (Lipinski definition) is 5. The lowest BCUT2D eigenvalue weighted by Gasteiger charge is -2.09. The number of rotatable bonds is 5. The third-order valence-corrected chi connectivity index (χ3v) is 2.37. The van der Waals surface area contributed by atoms with Gasteiger partial charge >= 0.3 is 0 Å². The van der Waals surface area contributed by atoms with Crippen molar-refractivity contribution in [2.24, 2.45) is 5.73 Å².